The molecule has 0 aromatic rings. The highest BCUT2D eigenvalue weighted by molar-refractivity contribution is 9.09. The van der Waals surface area contributed by atoms with Gasteiger partial charge in [0, 0.05) is 11.1 Å². The number of hydrogen-bond donors (Lipinski definition) is 0. The summed E-state index contributed by atoms with van der Waals surface area (Å²) < 4.78 is 4.79. The third-order valence-electron chi connectivity index (χ3n) is 1.16. The van der Waals surface area contributed by atoms with Crippen LogP contribution in [0.15, 0.2) is 0 Å². The van der Waals surface area contributed by atoms with E-state index >= 15 is 0 Å². The normalized spacial score (nSPS) is 12.3. The predicted molar refractivity (Wildman–Crippen MR) is 45.8 cm³/mol. The molecule has 0 aliphatic rings. The third kappa shape index (κ3) is 3.25. The van der Waals surface area contributed by atoms with Gasteiger partial charge in [0.2, 0.25) is 0 Å². The summed E-state index contributed by atoms with van der Waals surface area (Å²) >= 11 is 3.21. The Morgan fingerprint density at radius 3 is 2.70 bits per heavy atom. The molecule has 0 aliphatic carbocycles. The molecular weight excluding hydrogens is 195 g/mol. The minimum absolute atomic E-state index is 0.0973. The summed E-state index contributed by atoms with van der Waals surface area (Å²) in [4.78, 5) is 10.9. The van der Waals surface area contributed by atoms with Gasteiger partial charge in [-0.3, -0.25) is 4.79 Å². The smallest absolute Gasteiger partial charge is 0.301 e. The first-order chi connectivity index (χ1) is 4.76. The molecule has 1 radical (unpaired) electrons. The molecule has 0 aromatic carbocycles. The maximum Gasteiger partial charge on any atom is 0.301 e. The van der Waals surface area contributed by atoms with Crippen LogP contribution in [0.3, 0.4) is 0 Å². The van der Waals surface area contributed by atoms with Gasteiger partial charge in [0.1, 0.15) is 7.28 Å². The van der Waals surface area contributed by atoms with Crippen molar-refractivity contribution in [3.8, 4) is 0 Å². The summed E-state index contributed by atoms with van der Waals surface area (Å²) in [6, 6.07) is 0. The van der Waals surface area contributed by atoms with Gasteiger partial charge in [-0.2, -0.15) is 0 Å². The molecule has 0 saturated carbocycles. The van der Waals surface area contributed by atoms with E-state index in [-0.39, 0.29) is 11.8 Å². The maximum atomic E-state index is 10.9. The van der Waals surface area contributed by atoms with Crippen molar-refractivity contribution in [1.82, 2.24) is 0 Å². The Bertz CT molecular complexity index is 104. The molecule has 1 atom stereocenters. The number of rotatable bonds is 4. The van der Waals surface area contributed by atoms with Crippen LogP contribution in [-0.2, 0) is 9.53 Å². The van der Waals surface area contributed by atoms with Crippen LogP contribution in [0.2, 0.25) is 12.6 Å². The standard InChI is InChI=1S/C6H11BBrO2/c1-3-10-6(9)5(4-8)7-2/h5H,3-4H2,1-2H3. The second-order valence-electron chi connectivity index (χ2n) is 1.85. The highest BCUT2D eigenvalue weighted by Crippen LogP contribution is 2.08. The monoisotopic (exact) mass is 205 g/mol. The highest BCUT2D eigenvalue weighted by atomic mass is 79.9. The number of ether oxygens (including phenoxy) is 1. The van der Waals surface area contributed by atoms with Crippen molar-refractivity contribution in [2.75, 3.05) is 11.9 Å². The molecule has 0 aliphatic heterocycles. The van der Waals surface area contributed by atoms with Crippen molar-refractivity contribution < 1.29 is 9.53 Å². The number of carbonyl (C=O) groups is 1. The first-order valence-electron chi connectivity index (χ1n) is 3.28. The van der Waals surface area contributed by atoms with Crippen LogP contribution >= 0.6 is 15.9 Å². The van der Waals surface area contributed by atoms with Crippen molar-refractivity contribution in [1.29, 1.82) is 0 Å². The highest BCUT2D eigenvalue weighted by Gasteiger charge is 2.15. The molecule has 0 saturated heterocycles. The zero-order chi connectivity index (χ0) is 7.98. The molecule has 0 aromatic heterocycles. The van der Waals surface area contributed by atoms with Crippen LogP contribution in [0.25, 0.3) is 0 Å². The Morgan fingerprint density at radius 1 is 1.80 bits per heavy atom. The van der Waals surface area contributed by atoms with E-state index in [1.54, 1.807) is 6.92 Å². The van der Waals surface area contributed by atoms with Crippen LogP contribution in [0.1, 0.15) is 6.92 Å². The van der Waals surface area contributed by atoms with Crippen molar-refractivity contribution in [2.45, 2.75) is 19.6 Å². The van der Waals surface area contributed by atoms with Crippen molar-refractivity contribution in [3.05, 3.63) is 0 Å². The van der Waals surface area contributed by atoms with Gasteiger partial charge in [0.15, 0.2) is 0 Å². The molecule has 4 heteroatoms. The number of carbonyl (C=O) groups excluding carboxylic acids is 1. The van der Waals surface area contributed by atoms with E-state index in [2.05, 4.69) is 15.9 Å². The second-order valence-corrected chi connectivity index (χ2v) is 2.49. The van der Waals surface area contributed by atoms with Crippen LogP contribution in [0.4, 0.5) is 0 Å². The third-order valence-corrected chi connectivity index (χ3v) is 1.86. The molecule has 0 amide bonds. The van der Waals surface area contributed by atoms with Gasteiger partial charge in [-0.05, 0) is 6.92 Å². The van der Waals surface area contributed by atoms with Gasteiger partial charge in [0.25, 0.3) is 0 Å². The van der Waals surface area contributed by atoms with E-state index in [9.17, 15) is 4.79 Å². The van der Waals surface area contributed by atoms with Crippen molar-refractivity contribution in [2.24, 2.45) is 0 Å². The lowest BCUT2D eigenvalue weighted by Gasteiger charge is -2.08. The number of esters is 1. The molecule has 10 heavy (non-hydrogen) atoms. The quantitative estimate of drug-likeness (QED) is 0.395. The lowest BCUT2D eigenvalue weighted by Crippen LogP contribution is -2.17. The molecular formula is C6H11BBrO2. The first kappa shape index (κ1) is 10.0. The van der Waals surface area contributed by atoms with Crippen LogP contribution in [-0.4, -0.2) is 25.2 Å². The van der Waals surface area contributed by atoms with Crippen molar-refractivity contribution >= 4 is 29.2 Å². The van der Waals surface area contributed by atoms with Gasteiger partial charge in [-0.1, -0.05) is 22.8 Å². The molecule has 1 unspecified atom stereocenters. The van der Waals surface area contributed by atoms with Gasteiger partial charge < -0.3 is 4.74 Å². The summed E-state index contributed by atoms with van der Waals surface area (Å²) in [6.07, 6.45) is 0. The summed E-state index contributed by atoms with van der Waals surface area (Å²) in [5, 5.41) is 0.641. The SMILES string of the molecule is C[B]C(CBr)C(=O)OCC. The largest absolute Gasteiger partial charge is 0.466 e. The van der Waals surface area contributed by atoms with Crippen LogP contribution in [0, 0.1) is 0 Å². The topological polar surface area (TPSA) is 26.3 Å². The molecule has 57 valence electrons. The molecule has 0 heterocycles. The zero-order valence-electron chi connectivity index (χ0n) is 6.26. The average Bonchev–Trinajstić information content (AvgIpc) is 1.91. The Kier molecular flexibility index (Phi) is 5.78. The minimum atomic E-state index is -0.151. The summed E-state index contributed by atoms with van der Waals surface area (Å²) in [7, 11) is 1.83. The molecule has 0 rings (SSSR count). The zero-order valence-corrected chi connectivity index (χ0v) is 7.85. The van der Waals surface area contributed by atoms with E-state index in [0.29, 0.717) is 11.9 Å². The Morgan fingerprint density at radius 2 is 2.40 bits per heavy atom. The van der Waals surface area contributed by atoms with Gasteiger partial charge >= 0.3 is 5.97 Å². The summed E-state index contributed by atoms with van der Waals surface area (Å²) in [6.45, 7) is 4.11. The van der Waals surface area contributed by atoms with E-state index in [0.717, 1.165) is 0 Å². The van der Waals surface area contributed by atoms with E-state index < -0.39 is 0 Å². The molecule has 0 N–H and O–H groups in total. The fourth-order valence-electron chi connectivity index (χ4n) is 0.537. The summed E-state index contributed by atoms with van der Waals surface area (Å²) in [5.74, 6) is -0.248. The Hall–Kier alpha value is 0.0149. The van der Waals surface area contributed by atoms with E-state index in [1.165, 1.54) is 0 Å². The van der Waals surface area contributed by atoms with Gasteiger partial charge in [0.05, 0.1) is 6.61 Å². The summed E-state index contributed by atoms with van der Waals surface area (Å²) in [5.41, 5.74) is 0. The molecule has 0 fully saturated rings. The van der Waals surface area contributed by atoms with Gasteiger partial charge in [-0.25, -0.2) is 0 Å². The lowest BCUT2D eigenvalue weighted by molar-refractivity contribution is -0.142. The minimum Gasteiger partial charge on any atom is -0.466 e. The van der Waals surface area contributed by atoms with Crippen LogP contribution < -0.4 is 0 Å². The van der Waals surface area contributed by atoms with E-state index in [4.69, 9.17) is 4.74 Å². The number of hydrogen-bond acceptors (Lipinski definition) is 2. The maximum absolute atomic E-state index is 10.9. The van der Waals surface area contributed by atoms with E-state index in [1.807, 2.05) is 14.1 Å². The van der Waals surface area contributed by atoms with Crippen LogP contribution in [0.5, 0.6) is 0 Å². The molecule has 0 bridgehead atoms. The fourth-order valence-corrected chi connectivity index (χ4v) is 1.18. The molecule has 0 spiro atoms. The fraction of sp³-hybridized carbons (Fsp3) is 0.833. The average molecular weight is 206 g/mol. The Balaban J connectivity index is 3.65. The number of halogens is 1. The Labute approximate surface area is 70.7 Å². The van der Waals surface area contributed by atoms with Gasteiger partial charge in [-0.15, -0.1) is 0 Å². The lowest BCUT2D eigenvalue weighted by atomic mass is 9.68. The molecule has 2 nitrogen and oxygen atoms in total. The number of alkyl halides is 1. The second kappa shape index (κ2) is 5.77. The van der Waals surface area contributed by atoms with Crippen molar-refractivity contribution in [3.63, 3.8) is 0 Å². The predicted octanol–water partition coefficient (Wildman–Crippen LogP) is 1.49. The first-order valence-corrected chi connectivity index (χ1v) is 4.40.